The van der Waals surface area contributed by atoms with Crippen LogP contribution in [0.4, 0.5) is 8.78 Å². The van der Waals surface area contributed by atoms with E-state index in [0.29, 0.717) is 22.8 Å². The molecule has 6 N–H and O–H groups in total. The molecule has 0 saturated carbocycles. The summed E-state index contributed by atoms with van der Waals surface area (Å²) < 4.78 is 26.3. The fourth-order valence-electron chi connectivity index (χ4n) is 3.00. The number of benzene rings is 2. The van der Waals surface area contributed by atoms with E-state index in [0.717, 1.165) is 11.1 Å². The van der Waals surface area contributed by atoms with Crippen LogP contribution in [0.15, 0.2) is 60.7 Å². The predicted octanol–water partition coefficient (Wildman–Crippen LogP) is 3.75. The number of nitrogens with one attached hydrogen (secondary N) is 2. The second-order valence-electron chi connectivity index (χ2n) is 6.52. The Morgan fingerprint density at radius 2 is 1.10 bits per heavy atom. The molecule has 2 aromatic carbocycles. The number of aromatic nitrogens is 4. The van der Waals surface area contributed by atoms with E-state index in [4.69, 9.17) is 11.5 Å². The Labute approximate surface area is 183 Å². The highest BCUT2D eigenvalue weighted by Crippen LogP contribution is 2.29. The van der Waals surface area contributed by atoms with Gasteiger partial charge in [0.05, 0.1) is 22.8 Å². The van der Waals surface area contributed by atoms with E-state index >= 15 is 0 Å². The third kappa shape index (κ3) is 4.36. The van der Waals surface area contributed by atoms with Gasteiger partial charge in [0.1, 0.15) is 17.2 Å². The largest absolute Gasteiger partial charge is 0.328 e. The van der Waals surface area contributed by atoms with Gasteiger partial charge in [-0.3, -0.25) is 10.2 Å². The van der Waals surface area contributed by atoms with Crippen LogP contribution in [0.1, 0.15) is 11.4 Å². The molecule has 4 rings (SSSR count). The molecule has 0 radical (unpaired) electrons. The minimum absolute atomic E-state index is 0. The van der Waals surface area contributed by atoms with Crippen molar-refractivity contribution in [1.82, 2.24) is 20.4 Å². The minimum atomic E-state index is -1.09. The molecule has 0 amide bonds. The summed E-state index contributed by atoms with van der Waals surface area (Å²) in [6, 6.07) is 15.6. The molecular formula is C20H20Cl2F2N6. The van der Waals surface area contributed by atoms with E-state index in [1.807, 2.05) is 0 Å². The van der Waals surface area contributed by atoms with Gasteiger partial charge in [-0.2, -0.15) is 10.2 Å². The molecular weight excluding hydrogens is 433 g/mol. The molecule has 0 saturated heterocycles. The van der Waals surface area contributed by atoms with Crippen molar-refractivity contribution in [3.63, 3.8) is 0 Å². The lowest BCUT2D eigenvalue weighted by molar-refractivity contribution is 0.515. The van der Waals surface area contributed by atoms with Crippen LogP contribution in [0, 0.1) is 11.6 Å². The van der Waals surface area contributed by atoms with Crippen LogP contribution in [0.5, 0.6) is 0 Å². The van der Waals surface area contributed by atoms with Gasteiger partial charge in [-0.1, -0.05) is 0 Å². The molecule has 2 heterocycles. The van der Waals surface area contributed by atoms with Crippen molar-refractivity contribution < 1.29 is 8.78 Å². The van der Waals surface area contributed by atoms with Crippen LogP contribution in [0.2, 0.25) is 0 Å². The highest BCUT2D eigenvalue weighted by Gasteiger charge is 2.33. The summed E-state index contributed by atoms with van der Waals surface area (Å²) in [7, 11) is 0. The molecule has 0 aliphatic carbocycles. The number of hydrogen-bond acceptors (Lipinski definition) is 4. The Hall–Kier alpha value is -2.78. The summed E-state index contributed by atoms with van der Waals surface area (Å²) in [5.74, 6) is -0.638. The van der Waals surface area contributed by atoms with E-state index in [2.05, 4.69) is 20.4 Å². The van der Waals surface area contributed by atoms with Crippen LogP contribution >= 0.6 is 24.8 Å². The Balaban J connectivity index is 0.00000160. The van der Waals surface area contributed by atoms with Crippen molar-refractivity contribution in [2.75, 3.05) is 6.54 Å². The number of H-pyrrole nitrogens is 2. The highest BCUT2D eigenvalue weighted by molar-refractivity contribution is 5.85. The van der Waals surface area contributed by atoms with Gasteiger partial charge in [0.15, 0.2) is 0 Å². The maximum atomic E-state index is 13.1. The average molecular weight is 453 g/mol. The van der Waals surface area contributed by atoms with E-state index in [1.165, 1.54) is 24.3 Å². The summed E-state index contributed by atoms with van der Waals surface area (Å²) in [6.45, 7) is 0.0864. The molecule has 0 spiro atoms. The van der Waals surface area contributed by atoms with E-state index < -0.39 is 5.54 Å². The fourth-order valence-corrected chi connectivity index (χ4v) is 3.00. The minimum Gasteiger partial charge on any atom is -0.328 e. The van der Waals surface area contributed by atoms with Gasteiger partial charge in [0.25, 0.3) is 0 Å². The molecule has 4 aromatic rings. The second kappa shape index (κ2) is 9.36. The molecule has 10 heteroatoms. The van der Waals surface area contributed by atoms with Gasteiger partial charge in [0.2, 0.25) is 0 Å². The molecule has 0 aliphatic heterocycles. The third-order valence-electron chi connectivity index (χ3n) is 4.72. The van der Waals surface area contributed by atoms with Crippen LogP contribution in [0.25, 0.3) is 22.5 Å². The van der Waals surface area contributed by atoms with Gasteiger partial charge >= 0.3 is 0 Å². The molecule has 0 bridgehead atoms. The van der Waals surface area contributed by atoms with Crippen molar-refractivity contribution in [2.45, 2.75) is 5.54 Å². The fraction of sp³-hybridized carbons (Fsp3) is 0.100. The van der Waals surface area contributed by atoms with Crippen molar-refractivity contribution in [3.05, 3.63) is 83.7 Å². The number of aromatic amines is 2. The molecule has 0 fully saturated rings. The summed E-state index contributed by atoms with van der Waals surface area (Å²) in [5, 5.41) is 14.4. The molecule has 2 aromatic heterocycles. The first-order valence-electron chi connectivity index (χ1n) is 8.62. The standard InChI is InChI=1S/C20H18F2N6.2ClH/c21-14-5-1-12(2-6-14)16-9-18(27-25-16)20(24,11-23)19-10-17(26-28-19)13-3-7-15(22)8-4-13;;/h1-10H,11,23-24H2,(H,25,27)(H,26,28);2*1H. The lowest BCUT2D eigenvalue weighted by Crippen LogP contribution is -2.45. The number of nitrogens with zero attached hydrogens (tertiary/aromatic N) is 2. The van der Waals surface area contributed by atoms with Crippen molar-refractivity contribution in [3.8, 4) is 22.5 Å². The summed E-state index contributed by atoms with van der Waals surface area (Å²) in [5.41, 5.74) is 15.4. The van der Waals surface area contributed by atoms with E-state index in [9.17, 15) is 8.78 Å². The molecule has 0 unspecified atom stereocenters. The topological polar surface area (TPSA) is 109 Å². The maximum absolute atomic E-state index is 13.1. The summed E-state index contributed by atoms with van der Waals surface area (Å²) >= 11 is 0. The zero-order valence-electron chi connectivity index (χ0n) is 15.6. The monoisotopic (exact) mass is 452 g/mol. The van der Waals surface area contributed by atoms with Gasteiger partial charge in [-0.15, -0.1) is 24.8 Å². The quantitative estimate of drug-likeness (QED) is 0.369. The second-order valence-corrected chi connectivity index (χ2v) is 6.52. The number of nitrogens with two attached hydrogens (primary N) is 2. The first-order chi connectivity index (χ1) is 13.5. The van der Waals surface area contributed by atoms with Crippen LogP contribution in [-0.2, 0) is 5.54 Å². The first kappa shape index (κ1) is 23.5. The van der Waals surface area contributed by atoms with Crippen LogP contribution < -0.4 is 11.5 Å². The summed E-state index contributed by atoms with van der Waals surface area (Å²) in [4.78, 5) is 0. The smallest absolute Gasteiger partial charge is 0.123 e. The Bertz CT molecular complexity index is 1010. The molecule has 0 atom stereocenters. The Morgan fingerprint density at radius 1 is 0.733 bits per heavy atom. The molecule has 0 aliphatic rings. The Morgan fingerprint density at radius 3 is 1.43 bits per heavy atom. The van der Waals surface area contributed by atoms with Crippen molar-refractivity contribution in [2.24, 2.45) is 11.5 Å². The van der Waals surface area contributed by atoms with Gasteiger partial charge in [-0.05, 0) is 60.7 Å². The van der Waals surface area contributed by atoms with Crippen LogP contribution in [0.3, 0.4) is 0 Å². The Kier molecular flexibility index (Phi) is 7.33. The van der Waals surface area contributed by atoms with Crippen molar-refractivity contribution >= 4 is 24.8 Å². The van der Waals surface area contributed by atoms with Gasteiger partial charge in [0, 0.05) is 17.7 Å². The SMILES string of the molecule is Cl.Cl.NCC(N)(c1cc(-c2ccc(F)cc2)n[nH]1)c1cc(-c2ccc(F)cc2)n[nH]1. The molecule has 6 nitrogen and oxygen atoms in total. The first-order valence-corrected chi connectivity index (χ1v) is 8.62. The average Bonchev–Trinajstić information content (AvgIpc) is 3.39. The zero-order chi connectivity index (χ0) is 19.7. The lowest BCUT2D eigenvalue weighted by Gasteiger charge is -2.24. The van der Waals surface area contributed by atoms with E-state index in [-0.39, 0.29) is 43.0 Å². The third-order valence-corrected chi connectivity index (χ3v) is 4.72. The van der Waals surface area contributed by atoms with Gasteiger partial charge in [-0.25, -0.2) is 8.78 Å². The van der Waals surface area contributed by atoms with E-state index in [1.54, 1.807) is 36.4 Å². The zero-order valence-corrected chi connectivity index (χ0v) is 17.2. The highest BCUT2D eigenvalue weighted by atomic mass is 35.5. The lowest BCUT2D eigenvalue weighted by atomic mass is 9.91. The molecule has 158 valence electrons. The predicted molar refractivity (Wildman–Crippen MR) is 116 cm³/mol. The van der Waals surface area contributed by atoms with Crippen molar-refractivity contribution in [1.29, 1.82) is 0 Å². The van der Waals surface area contributed by atoms with Gasteiger partial charge < -0.3 is 11.5 Å². The number of rotatable bonds is 5. The number of halogens is 4. The maximum Gasteiger partial charge on any atom is 0.123 e. The van der Waals surface area contributed by atoms with Crippen LogP contribution in [-0.4, -0.2) is 26.9 Å². The normalized spacial score (nSPS) is 10.9. The number of hydrogen-bond donors (Lipinski definition) is 4. The summed E-state index contributed by atoms with van der Waals surface area (Å²) in [6.07, 6.45) is 0. The molecule has 30 heavy (non-hydrogen) atoms.